The van der Waals surface area contributed by atoms with Gasteiger partial charge in [-0.25, -0.2) is 0 Å². The first-order valence-corrected chi connectivity index (χ1v) is 7.24. The van der Waals surface area contributed by atoms with E-state index in [4.69, 9.17) is 9.47 Å². The molecule has 1 aromatic carbocycles. The van der Waals surface area contributed by atoms with Crippen molar-refractivity contribution in [1.29, 1.82) is 0 Å². The molecule has 116 valence electrons. The number of hydrogen-bond donors (Lipinski definition) is 2. The maximum atomic E-state index is 12.2. The lowest BCUT2D eigenvalue weighted by atomic mass is 9.96. The van der Waals surface area contributed by atoms with Crippen molar-refractivity contribution in [3.63, 3.8) is 0 Å². The van der Waals surface area contributed by atoms with Gasteiger partial charge in [0.05, 0.1) is 13.2 Å². The maximum absolute atomic E-state index is 12.2. The Hall–Kier alpha value is -2.34. The SMILES string of the molecule is CCOC(=O)C1CNc2c1c1cc(COC)ccc1[nH]c2=O. The highest BCUT2D eigenvalue weighted by molar-refractivity contribution is 5.95. The molecule has 0 aliphatic carbocycles. The smallest absolute Gasteiger partial charge is 0.315 e. The molecule has 1 atom stereocenters. The molecule has 2 heterocycles. The third-order valence-electron chi connectivity index (χ3n) is 3.83. The average Bonchev–Trinajstić information content (AvgIpc) is 2.94. The second-order valence-electron chi connectivity index (χ2n) is 5.24. The third kappa shape index (κ3) is 2.35. The Morgan fingerprint density at radius 1 is 1.41 bits per heavy atom. The van der Waals surface area contributed by atoms with Crippen molar-refractivity contribution >= 4 is 22.6 Å². The normalized spacial score (nSPS) is 16.4. The molecule has 6 heteroatoms. The lowest BCUT2D eigenvalue weighted by molar-refractivity contribution is -0.144. The molecule has 0 bridgehead atoms. The second-order valence-corrected chi connectivity index (χ2v) is 5.24. The molecule has 0 spiro atoms. The predicted octanol–water partition coefficient (Wildman–Crippen LogP) is 1.75. The molecule has 1 aromatic heterocycles. The van der Waals surface area contributed by atoms with Crippen molar-refractivity contribution in [3.05, 3.63) is 39.7 Å². The number of methoxy groups -OCH3 is 1. The van der Waals surface area contributed by atoms with Gasteiger partial charge in [0, 0.05) is 30.1 Å². The molecule has 0 radical (unpaired) electrons. The van der Waals surface area contributed by atoms with E-state index >= 15 is 0 Å². The summed E-state index contributed by atoms with van der Waals surface area (Å²) in [5.41, 5.74) is 2.66. The van der Waals surface area contributed by atoms with E-state index in [1.807, 2.05) is 18.2 Å². The number of fused-ring (bicyclic) bond motifs is 3. The van der Waals surface area contributed by atoms with Crippen molar-refractivity contribution in [3.8, 4) is 0 Å². The Morgan fingerprint density at radius 2 is 2.23 bits per heavy atom. The summed E-state index contributed by atoms with van der Waals surface area (Å²) in [6, 6.07) is 5.69. The molecule has 1 aliphatic heterocycles. The molecule has 6 nitrogen and oxygen atoms in total. The number of H-pyrrole nitrogens is 1. The number of ether oxygens (including phenoxy) is 2. The quantitative estimate of drug-likeness (QED) is 0.841. The molecule has 2 N–H and O–H groups in total. The van der Waals surface area contributed by atoms with Gasteiger partial charge in [0.1, 0.15) is 11.6 Å². The highest BCUT2D eigenvalue weighted by atomic mass is 16.5. The number of pyridine rings is 1. The fraction of sp³-hybridized carbons (Fsp3) is 0.375. The van der Waals surface area contributed by atoms with Crippen LogP contribution in [0.4, 0.5) is 5.69 Å². The summed E-state index contributed by atoms with van der Waals surface area (Å²) in [5, 5.41) is 3.88. The van der Waals surface area contributed by atoms with Crippen LogP contribution in [-0.2, 0) is 20.9 Å². The van der Waals surface area contributed by atoms with Gasteiger partial charge >= 0.3 is 5.97 Å². The van der Waals surface area contributed by atoms with Gasteiger partial charge in [-0.15, -0.1) is 0 Å². The van der Waals surface area contributed by atoms with Gasteiger partial charge in [-0.2, -0.15) is 0 Å². The van der Waals surface area contributed by atoms with Crippen LogP contribution in [0.3, 0.4) is 0 Å². The van der Waals surface area contributed by atoms with Crippen molar-refractivity contribution in [2.45, 2.75) is 19.4 Å². The van der Waals surface area contributed by atoms with E-state index in [0.717, 1.165) is 16.5 Å². The molecule has 0 saturated carbocycles. The van der Waals surface area contributed by atoms with Crippen molar-refractivity contribution in [1.82, 2.24) is 4.98 Å². The number of esters is 1. The molecular weight excluding hydrogens is 284 g/mol. The summed E-state index contributed by atoms with van der Waals surface area (Å²) in [6.07, 6.45) is 0. The zero-order valence-electron chi connectivity index (χ0n) is 12.6. The van der Waals surface area contributed by atoms with Crippen LogP contribution in [0, 0.1) is 0 Å². The van der Waals surface area contributed by atoms with Gasteiger partial charge in [0.15, 0.2) is 0 Å². The lowest BCUT2D eigenvalue weighted by Gasteiger charge is -2.12. The van der Waals surface area contributed by atoms with E-state index in [0.29, 0.717) is 31.0 Å². The number of rotatable bonds is 4. The fourth-order valence-electron chi connectivity index (χ4n) is 2.91. The molecule has 1 aliphatic rings. The standard InChI is InChI=1S/C16H18N2O4/c1-3-22-16(20)11-7-17-14-13(11)10-6-9(8-21-2)4-5-12(10)18-15(14)19/h4-6,11,17H,3,7-8H2,1-2H3,(H,18,19). The lowest BCUT2D eigenvalue weighted by Crippen LogP contribution is -2.17. The summed E-state index contributed by atoms with van der Waals surface area (Å²) in [6.45, 7) is 2.95. The zero-order valence-corrected chi connectivity index (χ0v) is 12.6. The van der Waals surface area contributed by atoms with Crippen molar-refractivity contribution in [2.24, 2.45) is 0 Å². The molecule has 22 heavy (non-hydrogen) atoms. The average molecular weight is 302 g/mol. The van der Waals surface area contributed by atoms with Gasteiger partial charge in [0.25, 0.3) is 5.56 Å². The first-order chi connectivity index (χ1) is 10.7. The summed E-state index contributed by atoms with van der Waals surface area (Å²) >= 11 is 0. The molecule has 0 amide bonds. The molecule has 0 fully saturated rings. The highest BCUT2D eigenvalue weighted by Crippen LogP contribution is 2.35. The number of benzene rings is 1. The van der Waals surface area contributed by atoms with Crippen LogP contribution in [0.25, 0.3) is 10.9 Å². The van der Waals surface area contributed by atoms with Crippen molar-refractivity contribution < 1.29 is 14.3 Å². The van der Waals surface area contributed by atoms with Gasteiger partial charge in [-0.05, 0) is 24.6 Å². The van der Waals surface area contributed by atoms with Crippen LogP contribution in [0.15, 0.2) is 23.0 Å². The minimum absolute atomic E-state index is 0.214. The van der Waals surface area contributed by atoms with Crippen LogP contribution < -0.4 is 10.9 Å². The van der Waals surface area contributed by atoms with E-state index in [9.17, 15) is 9.59 Å². The molecule has 0 saturated heterocycles. The van der Waals surface area contributed by atoms with Gasteiger partial charge in [0.2, 0.25) is 0 Å². The molecule has 3 rings (SSSR count). The number of carbonyl (C=O) groups excluding carboxylic acids is 1. The van der Waals surface area contributed by atoms with Crippen LogP contribution in [0.5, 0.6) is 0 Å². The van der Waals surface area contributed by atoms with Gasteiger partial charge in [-0.1, -0.05) is 6.07 Å². The number of nitrogens with one attached hydrogen (secondary N) is 2. The Morgan fingerprint density at radius 3 is 2.95 bits per heavy atom. The van der Waals surface area contributed by atoms with Crippen LogP contribution in [0.1, 0.15) is 24.0 Å². The Bertz CT molecular complexity index is 782. The predicted molar refractivity (Wildman–Crippen MR) is 83.1 cm³/mol. The number of aromatic amines is 1. The third-order valence-corrected chi connectivity index (χ3v) is 3.83. The number of carbonyl (C=O) groups is 1. The highest BCUT2D eigenvalue weighted by Gasteiger charge is 2.33. The van der Waals surface area contributed by atoms with Crippen LogP contribution >= 0.6 is 0 Å². The summed E-state index contributed by atoms with van der Waals surface area (Å²) in [7, 11) is 1.63. The van der Waals surface area contributed by atoms with Crippen LogP contribution in [-0.4, -0.2) is 31.2 Å². The first-order valence-electron chi connectivity index (χ1n) is 7.24. The molecule has 1 unspecified atom stereocenters. The van der Waals surface area contributed by atoms with Crippen molar-refractivity contribution in [2.75, 3.05) is 25.6 Å². The second kappa shape index (κ2) is 5.81. The Balaban J connectivity index is 2.19. The molecule has 2 aromatic rings. The summed E-state index contributed by atoms with van der Waals surface area (Å²) in [5.74, 6) is -0.768. The van der Waals surface area contributed by atoms with Crippen LogP contribution in [0.2, 0.25) is 0 Å². The van der Waals surface area contributed by atoms with E-state index in [1.165, 1.54) is 0 Å². The van der Waals surface area contributed by atoms with Gasteiger partial charge in [-0.3, -0.25) is 9.59 Å². The first kappa shape index (κ1) is 14.6. The Labute approximate surface area is 127 Å². The zero-order chi connectivity index (χ0) is 15.7. The maximum Gasteiger partial charge on any atom is 0.315 e. The monoisotopic (exact) mass is 302 g/mol. The van der Waals surface area contributed by atoms with E-state index in [1.54, 1.807) is 14.0 Å². The van der Waals surface area contributed by atoms with E-state index < -0.39 is 5.92 Å². The summed E-state index contributed by atoms with van der Waals surface area (Å²) < 4.78 is 10.3. The number of hydrogen-bond acceptors (Lipinski definition) is 5. The number of aromatic nitrogens is 1. The Kier molecular flexibility index (Phi) is 3.85. The largest absolute Gasteiger partial charge is 0.465 e. The van der Waals surface area contributed by atoms with E-state index in [-0.39, 0.29) is 11.5 Å². The summed E-state index contributed by atoms with van der Waals surface area (Å²) in [4.78, 5) is 27.2. The van der Waals surface area contributed by atoms with Gasteiger partial charge < -0.3 is 19.8 Å². The fourth-order valence-corrected chi connectivity index (χ4v) is 2.91. The minimum Gasteiger partial charge on any atom is -0.465 e. The van der Waals surface area contributed by atoms with E-state index in [2.05, 4.69) is 10.3 Å². The topological polar surface area (TPSA) is 80.4 Å². The molecular formula is C16H18N2O4. The minimum atomic E-state index is -0.461. The number of anilines is 1.